The molecule has 1 fully saturated rings. The van der Waals surface area contributed by atoms with E-state index in [0.29, 0.717) is 23.6 Å². The summed E-state index contributed by atoms with van der Waals surface area (Å²) in [4.78, 5) is 13.5. The number of hydrogen-bond donors (Lipinski definition) is 2. The Bertz CT molecular complexity index is 975. The van der Waals surface area contributed by atoms with Crippen molar-refractivity contribution in [3.8, 4) is 17.2 Å². The maximum Gasteiger partial charge on any atom is 0.221 e. The van der Waals surface area contributed by atoms with Crippen LogP contribution in [0.3, 0.4) is 0 Å². The van der Waals surface area contributed by atoms with E-state index in [9.17, 15) is 14.3 Å². The molecule has 7 nitrogen and oxygen atoms in total. The van der Waals surface area contributed by atoms with Gasteiger partial charge in [0.1, 0.15) is 41.4 Å². The third-order valence-corrected chi connectivity index (χ3v) is 6.17. The Hall–Kier alpha value is -2.84. The maximum absolute atomic E-state index is 13.5. The molecular formula is C24H29FN2O5. The molecule has 0 radical (unpaired) electrons. The topological polar surface area (TPSA) is 94.2 Å². The Kier molecular flexibility index (Phi) is 6.53. The van der Waals surface area contributed by atoms with Gasteiger partial charge in [-0.05, 0) is 24.3 Å². The van der Waals surface area contributed by atoms with E-state index in [1.165, 1.54) is 6.07 Å². The summed E-state index contributed by atoms with van der Waals surface area (Å²) in [6.45, 7) is 2.10. The predicted molar refractivity (Wildman–Crippen MR) is 117 cm³/mol. The fourth-order valence-corrected chi connectivity index (χ4v) is 4.49. The molecule has 1 spiro atoms. The SMILES string of the molecule is COc1ccc(CC(N)=O)c(OC[C@H](O)CN2CCC3(CC2)Cc2cc(F)ccc2O3)c1. The highest BCUT2D eigenvalue weighted by atomic mass is 19.1. The zero-order chi connectivity index (χ0) is 22.7. The molecule has 2 aliphatic heterocycles. The van der Waals surface area contributed by atoms with E-state index >= 15 is 0 Å². The lowest BCUT2D eigenvalue weighted by atomic mass is 9.87. The van der Waals surface area contributed by atoms with Crippen molar-refractivity contribution in [1.82, 2.24) is 4.90 Å². The Morgan fingerprint density at radius 2 is 2.06 bits per heavy atom. The monoisotopic (exact) mass is 444 g/mol. The van der Waals surface area contributed by atoms with Gasteiger partial charge in [0.25, 0.3) is 0 Å². The van der Waals surface area contributed by atoms with Gasteiger partial charge in [-0.15, -0.1) is 0 Å². The van der Waals surface area contributed by atoms with Crippen LogP contribution in [0.25, 0.3) is 0 Å². The number of methoxy groups -OCH3 is 1. The number of halogens is 1. The van der Waals surface area contributed by atoms with Gasteiger partial charge in [-0.2, -0.15) is 0 Å². The van der Waals surface area contributed by atoms with Crippen molar-refractivity contribution in [1.29, 1.82) is 0 Å². The molecule has 2 heterocycles. The lowest BCUT2D eigenvalue weighted by Gasteiger charge is -2.39. The first-order valence-corrected chi connectivity index (χ1v) is 10.8. The molecule has 0 saturated carbocycles. The first kappa shape index (κ1) is 22.4. The van der Waals surface area contributed by atoms with Gasteiger partial charge >= 0.3 is 0 Å². The lowest BCUT2D eigenvalue weighted by Crippen LogP contribution is -2.49. The van der Waals surface area contributed by atoms with E-state index in [-0.39, 0.29) is 24.4 Å². The van der Waals surface area contributed by atoms with Gasteiger partial charge in [0.05, 0.1) is 13.5 Å². The van der Waals surface area contributed by atoms with Crippen LogP contribution in [0.5, 0.6) is 17.2 Å². The molecule has 8 heteroatoms. The molecule has 4 rings (SSSR count). The second-order valence-corrected chi connectivity index (χ2v) is 8.60. The first-order valence-electron chi connectivity index (χ1n) is 10.8. The fourth-order valence-electron chi connectivity index (χ4n) is 4.49. The van der Waals surface area contributed by atoms with Crippen LogP contribution in [0, 0.1) is 5.82 Å². The number of nitrogens with zero attached hydrogens (tertiary/aromatic N) is 1. The Morgan fingerprint density at radius 1 is 1.28 bits per heavy atom. The molecule has 2 aromatic carbocycles. The standard InChI is InChI=1S/C24H29FN2O5/c1-30-20-4-2-16(11-23(26)29)22(12-20)31-15-19(28)14-27-8-6-24(7-9-27)13-17-10-18(25)3-5-21(17)32-24/h2-5,10,12,19,28H,6-9,11,13-15H2,1H3,(H2,26,29)/t19-/m1/s1. The molecule has 0 bridgehead atoms. The highest BCUT2D eigenvalue weighted by molar-refractivity contribution is 5.77. The minimum absolute atomic E-state index is 0.0515. The number of fused-ring (bicyclic) bond motifs is 1. The zero-order valence-electron chi connectivity index (χ0n) is 18.2. The number of aliphatic hydroxyl groups excluding tert-OH is 1. The van der Waals surface area contributed by atoms with Crippen molar-refractivity contribution in [2.75, 3.05) is 33.4 Å². The van der Waals surface area contributed by atoms with Crippen LogP contribution >= 0.6 is 0 Å². The smallest absolute Gasteiger partial charge is 0.221 e. The van der Waals surface area contributed by atoms with Gasteiger partial charge in [0.2, 0.25) is 5.91 Å². The molecule has 3 N–H and O–H groups in total. The maximum atomic E-state index is 13.5. The molecule has 172 valence electrons. The third-order valence-electron chi connectivity index (χ3n) is 6.17. The average molecular weight is 445 g/mol. The number of carbonyl (C=O) groups is 1. The Labute approximate surface area is 186 Å². The molecule has 2 aliphatic rings. The molecule has 0 aromatic heterocycles. The number of carbonyl (C=O) groups excluding carboxylic acids is 1. The number of hydrogen-bond acceptors (Lipinski definition) is 6. The lowest BCUT2D eigenvalue weighted by molar-refractivity contribution is -0.117. The molecule has 32 heavy (non-hydrogen) atoms. The molecule has 0 aliphatic carbocycles. The van der Waals surface area contributed by atoms with Crippen molar-refractivity contribution in [2.24, 2.45) is 5.73 Å². The minimum atomic E-state index is -0.701. The second kappa shape index (κ2) is 9.34. The van der Waals surface area contributed by atoms with Gasteiger partial charge in [-0.1, -0.05) is 6.07 Å². The molecular weight excluding hydrogens is 415 g/mol. The van der Waals surface area contributed by atoms with Gasteiger partial charge in [-0.3, -0.25) is 4.79 Å². The summed E-state index contributed by atoms with van der Waals surface area (Å²) >= 11 is 0. The van der Waals surface area contributed by atoms with Crippen molar-refractivity contribution in [3.63, 3.8) is 0 Å². The number of nitrogens with two attached hydrogens (primary N) is 1. The third kappa shape index (κ3) is 5.14. The number of benzene rings is 2. The summed E-state index contributed by atoms with van der Waals surface area (Å²) in [5.74, 6) is 1.16. The largest absolute Gasteiger partial charge is 0.497 e. The van der Waals surface area contributed by atoms with Crippen molar-refractivity contribution < 1.29 is 28.5 Å². The van der Waals surface area contributed by atoms with Crippen LogP contribution in [0.1, 0.15) is 24.0 Å². The summed E-state index contributed by atoms with van der Waals surface area (Å²) in [5.41, 5.74) is 6.62. The second-order valence-electron chi connectivity index (χ2n) is 8.60. The highest BCUT2D eigenvalue weighted by Gasteiger charge is 2.42. The number of likely N-dealkylation sites (tertiary alicyclic amines) is 1. The summed E-state index contributed by atoms with van der Waals surface area (Å²) in [6.07, 6.45) is 1.70. The number of ether oxygens (including phenoxy) is 3. The minimum Gasteiger partial charge on any atom is -0.497 e. The van der Waals surface area contributed by atoms with Crippen LogP contribution in [-0.2, 0) is 17.6 Å². The summed E-state index contributed by atoms with van der Waals surface area (Å²) in [7, 11) is 1.55. The first-order chi connectivity index (χ1) is 15.4. The molecule has 1 saturated heterocycles. The van der Waals surface area contributed by atoms with Gasteiger partial charge in [0, 0.05) is 56.1 Å². The van der Waals surface area contributed by atoms with E-state index < -0.39 is 12.0 Å². The van der Waals surface area contributed by atoms with E-state index in [0.717, 1.165) is 43.7 Å². The number of amides is 1. The number of piperidine rings is 1. The van der Waals surface area contributed by atoms with Crippen LogP contribution in [0.4, 0.5) is 4.39 Å². The predicted octanol–water partition coefficient (Wildman–Crippen LogP) is 2.07. The summed E-state index contributed by atoms with van der Waals surface area (Å²) in [6, 6.07) is 9.86. The van der Waals surface area contributed by atoms with Crippen LogP contribution < -0.4 is 19.9 Å². The molecule has 0 unspecified atom stereocenters. The van der Waals surface area contributed by atoms with Gasteiger partial charge < -0.3 is 30.0 Å². The van der Waals surface area contributed by atoms with Crippen molar-refractivity contribution >= 4 is 5.91 Å². The molecule has 2 aromatic rings. The van der Waals surface area contributed by atoms with E-state index in [1.807, 2.05) is 0 Å². The Balaban J connectivity index is 1.28. The quantitative estimate of drug-likeness (QED) is 0.648. The number of rotatable bonds is 8. The van der Waals surface area contributed by atoms with Crippen LogP contribution in [-0.4, -0.2) is 61.0 Å². The Morgan fingerprint density at radius 3 is 2.78 bits per heavy atom. The van der Waals surface area contributed by atoms with Crippen molar-refractivity contribution in [2.45, 2.75) is 37.4 Å². The number of aliphatic hydroxyl groups is 1. The average Bonchev–Trinajstić information content (AvgIpc) is 3.11. The van der Waals surface area contributed by atoms with Crippen LogP contribution in [0.15, 0.2) is 36.4 Å². The van der Waals surface area contributed by atoms with E-state index in [4.69, 9.17) is 19.9 Å². The van der Waals surface area contributed by atoms with Crippen molar-refractivity contribution in [3.05, 3.63) is 53.3 Å². The number of β-amino-alcohol motifs (C(OH)–C–C–N with tert-alkyl or cyclic N) is 1. The van der Waals surface area contributed by atoms with Gasteiger partial charge in [-0.25, -0.2) is 4.39 Å². The normalized spacial score (nSPS) is 18.1. The van der Waals surface area contributed by atoms with E-state index in [2.05, 4.69) is 4.90 Å². The molecule has 1 atom stereocenters. The van der Waals surface area contributed by atoms with E-state index in [1.54, 1.807) is 37.4 Å². The number of primary amides is 1. The highest BCUT2D eigenvalue weighted by Crippen LogP contribution is 2.41. The van der Waals surface area contributed by atoms with Crippen LogP contribution in [0.2, 0.25) is 0 Å². The summed E-state index contributed by atoms with van der Waals surface area (Å²) in [5, 5.41) is 10.5. The zero-order valence-corrected chi connectivity index (χ0v) is 18.2. The molecule has 1 amide bonds. The fraction of sp³-hybridized carbons (Fsp3) is 0.458. The van der Waals surface area contributed by atoms with Gasteiger partial charge in [0.15, 0.2) is 0 Å². The summed E-state index contributed by atoms with van der Waals surface area (Å²) < 4.78 is 30.7.